The van der Waals surface area contributed by atoms with E-state index in [1.54, 1.807) is 22.7 Å². The van der Waals surface area contributed by atoms with Crippen molar-refractivity contribution in [2.45, 2.75) is 98.4 Å². The molecule has 5 aromatic rings. The minimum absolute atomic E-state index is 0.0119. The third-order valence-electron chi connectivity index (χ3n) is 12.3. The fourth-order valence-electron chi connectivity index (χ4n) is 8.46. The zero-order valence-corrected chi connectivity index (χ0v) is 42.6. The van der Waals surface area contributed by atoms with E-state index in [0.29, 0.717) is 23.1 Å². The van der Waals surface area contributed by atoms with Crippen LogP contribution < -0.4 is 10.6 Å². The van der Waals surface area contributed by atoms with Gasteiger partial charge in [-0.2, -0.15) is 0 Å². The summed E-state index contributed by atoms with van der Waals surface area (Å²) in [6.45, 7) is 14.7. The van der Waals surface area contributed by atoms with E-state index in [9.17, 15) is 24.3 Å². The number of nitrogens with zero attached hydrogens (tertiary/aromatic N) is 6. The highest BCUT2D eigenvalue weighted by Gasteiger charge is 2.44. The number of aromatic nitrogens is 4. The Hall–Kier alpha value is -5.21. The Morgan fingerprint density at radius 3 is 2.26 bits per heavy atom. The molecule has 2 unspecified atom stereocenters. The molecule has 3 aromatic heterocycles. The summed E-state index contributed by atoms with van der Waals surface area (Å²) in [6.07, 6.45) is 0.0767. The van der Waals surface area contributed by atoms with Gasteiger partial charge in [-0.15, -0.1) is 32.9 Å². The normalized spacial score (nSPS) is 17.2. The Morgan fingerprint density at radius 1 is 0.899 bits per heavy atom. The molecule has 7 rings (SSSR count). The minimum Gasteiger partial charge on any atom is -0.391 e. The van der Waals surface area contributed by atoms with Crippen LogP contribution in [0.1, 0.15) is 90.5 Å². The fraction of sp³-hybridized carbons (Fsp3) is 0.480. The number of halogens is 1. The number of Topliss-reactive ketones (excluding diaryl/α,β-unsaturated/α-hetero) is 1. The van der Waals surface area contributed by atoms with Gasteiger partial charge in [-0.25, -0.2) is 4.98 Å². The smallest absolute Gasteiger partial charge is 0.246 e. The van der Waals surface area contributed by atoms with Crippen molar-refractivity contribution < 1.29 is 38.5 Å². The summed E-state index contributed by atoms with van der Waals surface area (Å²) >= 11 is 9.47. The number of aliphatic hydroxyl groups excluding tert-OH is 1. The quantitative estimate of drug-likeness (QED) is 0.0680. The van der Waals surface area contributed by atoms with Gasteiger partial charge in [0.15, 0.2) is 11.6 Å². The zero-order valence-electron chi connectivity index (χ0n) is 40.2. The minimum atomic E-state index is -0.956. The van der Waals surface area contributed by atoms with E-state index in [4.69, 9.17) is 30.8 Å². The number of fused-ring (bicyclic) bond motifs is 3. The summed E-state index contributed by atoms with van der Waals surface area (Å²) in [7, 11) is 0. The average Bonchev–Trinajstić information content (AvgIpc) is 4.08. The number of benzene rings is 2. The van der Waals surface area contributed by atoms with Gasteiger partial charge < -0.3 is 34.9 Å². The summed E-state index contributed by atoms with van der Waals surface area (Å²) < 4.78 is 18.9. The Morgan fingerprint density at radius 2 is 1.58 bits per heavy atom. The van der Waals surface area contributed by atoms with Crippen LogP contribution in [0.4, 0.5) is 0 Å². The summed E-state index contributed by atoms with van der Waals surface area (Å²) in [5.41, 5.74) is 7.95. The fourth-order valence-corrected chi connectivity index (χ4v) is 10.6. The SMILES string of the molecule is Cc1ncsc1-c1ccc(CCC(=O)[C@@H]2CC(O)CN2C(=O)[C@@H](NC(=O)COCCOCCOCCNC(=O)CC2N=C(c3ccc(Cl)cc3)c3c(sc(C)c3C)-n3c(C)nnc32)C(C)(C)C)cc1. The van der Waals surface area contributed by atoms with Gasteiger partial charge in [-0.05, 0) is 68.4 Å². The summed E-state index contributed by atoms with van der Waals surface area (Å²) in [6, 6.07) is 13.3. The number of amides is 3. The average molecular weight is 1000 g/mol. The predicted molar refractivity (Wildman–Crippen MR) is 266 cm³/mol. The maximum absolute atomic E-state index is 14.0. The molecule has 19 heteroatoms. The van der Waals surface area contributed by atoms with E-state index in [0.717, 1.165) is 54.0 Å². The first-order valence-corrected chi connectivity index (χ1v) is 25.2. The Balaban J connectivity index is 0.797. The first-order valence-electron chi connectivity index (χ1n) is 23.2. The first kappa shape index (κ1) is 51.6. The number of thiophene rings is 1. The van der Waals surface area contributed by atoms with E-state index in [2.05, 4.69) is 39.7 Å². The van der Waals surface area contributed by atoms with Crippen LogP contribution in [0.2, 0.25) is 5.02 Å². The molecule has 2 aliphatic heterocycles. The van der Waals surface area contributed by atoms with E-state index >= 15 is 0 Å². The topological polar surface area (TPSA) is 199 Å². The number of ether oxygens (including phenoxy) is 3. The molecule has 0 radical (unpaired) electrons. The number of thiazole rings is 1. The van der Waals surface area contributed by atoms with Gasteiger partial charge in [0.05, 0.1) is 73.4 Å². The molecular weight excluding hydrogens is 940 g/mol. The van der Waals surface area contributed by atoms with Gasteiger partial charge in [0, 0.05) is 47.0 Å². The lowest BCUT2D eigenvalue weighted by atomic mass is 9.85. The second kappa shape index (κ2) is 23.1. The first-order chi connectivity index (χ1) is 33.0. The number of carbonyl (C=O) groups is 4. The highest BCUT2D eigenvalue weighted by Crippen LogP contribution is 2.40. The van der Waals surface area contributed by atoms with Crippen LogP contribution in [0, 0.1) is 33.1 Å². The van der Waals surface area contributed by atoms with Crippen LogP contribution >= 0.6 is 34.3 Å². The van der Waals surface area contributed by atoms with E-state index in [1.165, 1.54) is 4.90 Å². The number of carbonyl (C=O) groups excluding carboxylic acids is 4. The lowest BCUT2D eigenvalue weighted by Crippen LogP contribution is -2.57. The summed E-state index contributed by atoms with van der Waals surface area (Å²) in [4.78, 5) is 67.0. The van der Waals surface area contributed by atoms with Gasteiger partial charge in [-0.3, -0.25) is 28.7 Å². The van der Waals surface area contributed by atoms with Gasteiger partial charge in [0.2, 0.25) is 17.7 Å². The van der Waals surface area contributed by atoms with Gasteiger partial charge >= 0.3 is 0 Å². The predicted octanol–water partition coefficient (Wildman–Crippen LogP) is 6.48. The Kier molecular flexibility index (Phi) is 17.3. The van der Waals surface area contributed by atoms with Crippen molar-refractivity contribution in [3.8, 4) is 15.4 Å². The van der Waals surface area contributed by atoms with Crippen molar-refractivity contribution in [2.75, 3.05) is 52.7 Å². The maximum atomic E-state index is 14.0. The van der Waals surface area contributed by atoms with Crippen LogP contribution in [-0.4, -0.2) is 130 Å². The molecule has 2 aromatic carbocycles. The molecule has 1 saturated heterocycles. The van der Waals surface area contributed by atoms with Crippen molar-refractivity contribution in [1.29, 1.82) is 0 Å². The van der Waals surface area contributed by atoms with Crippen molar-refractivity contribution in [3.63, 3.8) is 0 Å². The molecule has 2 aliphatic rings. The van der Waals surface area contributed by atoms with E-state index in [1.807, 2.05) is 93.2 Å². The molecule has 0 saturated carbocycles. The summed E-state index contributed by atoms with van der Waals surface area (Å²) in [5, 5.41) is 26.8. The van der Waals surface area contributed by atoms with Crippen LogP contribution in [-0.2, 0) is 39.8 Å². The number of hydrogen-bond acceptors (Lipinski definition) is 14. The monoisotopic (exact) mass is 1000 g/mol. The lowest BCUT2D eigenvalue weighted by Gasteiger charge is -2.35. The molecule has 0 bridgehead atoms. The molecule has 0 aliphatic carbocycles. The molecule has 3 N–H and O–H groups in total. The molecule has 69 heavy (non-hydrogen) atoms. The van der Waals surface area contributed by atoms with Crippen molar-refractivity contribution in [1.82, 2.24) is 35.3 Å². The summed E-state index contributed by atoms with van der Waals surface area (Å²) in [5.74, 6) is 0.0805. The number of likely N-dealkylation sites (tertiary alicyclic amines) is 1. The molecule has 4 atom stereocenters. The molecule has 1 fully saturated rings. The zero-order chi connectivity index (χ0) is 49.4. The highest BCUT2D eigenvalue weighted by atomic mass is 35.5. The van der Waals surface area contributed by atoms with Gasteiger partial charge in [0.25, 0.3) is 0 Å². The molecule has 5 heterocycles. The van der Waals surface area contributed by atoms with E-state index < -0.39 is 41.5 Å². The molecular formula is C50H61ClN8O8S2. The van der Waals surface area contributed by atoms with Crippen LogP contribution in [0.25, 0.3) is 15.4 Å². The van der Waals surface area contributed by atoms with Crippen molar-refractivity contribution in [3.05, 3.63) is 104 Å². The highest BCUT2D eigenvalue weighted by molar-refractivity contribution is 7.15. The Labute approximate surface area is 415 Å². The number of rotatable bonds is 21. The van der Waals surface area contributed by atoms with Crippen LogP contribution in [0.3, 0.4) is 0 Å². The largest absolute Gasteiger partial charge is 0.391 e. The number of aliphatic imine (C=N–C) groups is 1. The number of β-amino-alcohol motifs (C(OH)–C–C–N with tert-alkyl or cyclic N) is 1. The number of hydrogen-bond donors (Lipinski definition) is 3. The second-order valence-electron chi connectivity index (χ2n) is 18.4. The standard InChI is InChI=1S/C50H61ClN8O8S2/c1-29-31(3)69-49-43(29)44(34-13-15-36(51)16-14-34)54-38(47-57-56-32(4)59(47)49)25-41(62)52-18-19-65-20-21-66-22-23-67-27-42(63)55-46(50(5,6)7)48(64)58-26-37(60)24-39(58)40(61)17-10-33-8-11-35(12-9-33)45-30(2)53-28-68-45/h8-9,11-16,28,37-39,46,60H,10,17-27H2,1-7H3,(H,52,62)(H,55,63)/t37?,38?,39-,46+/m0/s1. The molecule has 368 valence electrons. The third-order valence-corrected chi connectivity index (χ3v) is 14.7. The maximum Gasteiger partial charge on any atom is 0.246 e. The lowest BCUT2D eigenvalue weighted by molar-refractivity contribution is -0.144. The number of ketones is 1. The van der Waals surface area contributed by atoms with Crippen molar-refractivity contribution in [2.24, 2.45) is 10.4 Å². The second-order valence-corrected chi connectivity index (χ2v) is 20.9. The van der Waals surface area contributed by atoms with Crippen molar-refractivity contribution >= 4 is 63.5 Å². The van der Waals surface area contributed by atoms with Gasteiger partial charge in [-0.1, -0.05) is 68.8 Å². The van der Waals surface area contributed by atoms with Crippen LogP contribution in [0.5, 0.6) is 0 Å². The van der Waals surface area contributed by atoms with Crippen LogP contribution in [0.15, 0.2) is 59.0 Å². The number of aliphatic hydroxyl groups is 1. The number of aryl methyl sites for hydroxylation is 4. The molecule has 3 amide bonds. The molecule has 16 nitrogen and oxygen atoms in total. The molecule has 0 spiro atoms. The van der Waals surface area contributed by atoms with E-state index in [-0.39, 0.29) is 83.7 Å². The van der Waals surface area contributed by atoms with Gasteiger partial charge in [0.1, 0.15) is 29.5 Å². The third kappa shape index (κ3) is 12.8. The Bertz CT molecular complexity index is 2640. The number of nitrogens with one attached hydrogen (secondary N) is 2.